The van der Waals surface area contributed by atoms with Gasteiger partial charge in [0.25, 0.3) is 0 Å². The van der Waals surface area contributed by atoms with Crippen LogP contribution in [-0.2, 0) is 16.0 Å². The molecule has 23 heavy (non-hydrogen) atoms. The van der Waals surface area contributed by atoms with E-state index in [1.165, 1.54) is 6.92 Å². The predicted molar refractivity (Wildman–Crippen MR) is 76.8 cm³/mol. The van der Waals surface area contributed by atoms with Crippen molar-refractivity contribution >= 4 is 19.0 Å². The normalized spacial score (nSPS) is 16.4. The molecule has 1 atom stereocenters. The van der Waals surface area contributed by atoms with Crippen LogP contribution < -0.4 is 9.97 Å². The zero-order valence-electron chi connectivity index (χ0n) is 12.7. The van der Waals surface area contributed by atoms with Gasteiger partial charge < -0.3 is 19.7 Å². The minimum Gasteiger partial charge on any atom is -0.534 e. The molecule has 0 bridgehead atoms. The standard InChI is InChI=1S/C14H16BF2NO5/c1-3-10(19)18-9-6-7-5-8(16)12(17)11(14(20)22-4-2)13(7)23-15(9)21/h5,9,21H,3-4,6H2,1-2H3,(H,18,19). The van der Waals surface area contributed by atoms with E-state index in [2.05, 4.69) is 5.32 Å². The third-order valence-corrected chi connectivity index (χ3v) is 3.42. The highest BCUT2D eigenvalue weighted by Gasteiger charge is 2.39. The van der Waals surface area contributed by atoms with Gasteiger partial charge in [0.15, 0.2) is 11.6 Å². The number of benzene rings is 1. The minimum absolute atomic E-state index is 0.00809. The number of carbonyl (C=O) groups is 2. The quantitative estimate of drug-likeness (QED) is 0.636. The molecule has 1 aliphatic heterocycles. The Bertz CT molecular complexity index is 640. The lowest BCUT2D eigenvalue weighted by molar-refractivity contribution is -0.121. The number of nitrogens with one attached hydrogen (secondary N) is 1. The first-order valence-electron chi connectivity index (χ1n) is 7.21. The van der Waals surface area contributed by atoms with Crippen LogP contribution >= 0.6 is 0 Å². The summed E-state index contributed by atoms with van der Waals surface area (Å²) in [6, 6.07) is 0.879. The van der Waals surface area contributed by atoms with Crippen molar-refractivity contribution < 1.29 is 32.8 Å². The average molecular weight is 327 g/mol. The summed E-state index contributed by atoms with van der Waals surface area (Å²) in [7, 11) is -1.49. The van der Waals surface area contributed by atoms with Crippen molar-refractivity contribution in [3.63, 3.8) is 0 Å². The Kier molecular flexibility index (Phi) is 5.20. The van der Waals surface area contributed by atoms with Gasteiger partial charge in [-0.15, -0.1) is 0 Å². The summed E-state index contributed by atoms with van der Waals surface area (Å²) in [6.45, 7) is 3.13. The summed E-state index contributed by atoms with van der Waals surface area (Å²) in [5.74, 6) is -5.12. The average Bonchev–Trinajstić information content (AvgIpc) is 2.50. The van der Waals surface area contributed by atoms with E-state index in [1.807, 2.05) is 0 Å². The predicted octanol–water partition coefficient (Wildman–Crippen LogP) is 0.991. The molecule has 0 aliphatic carbocycles. The van der Waals surface area contributed by atoms with E-state index < -0.39 is 36.2 Å². The molecular formula is C14H16BF2NO5. The fraction of sp³-hybridized carbons (Fsp3) is 0.429. The molecule has 1 heterocycles. The van der Waals surface area contributed by atoms with Crippen LogP contribution in [0.1, 0.15) is 36.2 Å². The van der Waals surface area contributed by atoms with Crippen molar-refractivity contribution in [1.82, 2.24) is 5.32 Å². The third kappa shape index (κ3) is 3.44. The maximum absolute atomic E-state index is 13.9. The monoisotopic (exact) mass is 327 g/mol. The number of fused-ring (bicyclic) bond motifs is 1. The van der Waals surface area contributed by atoms with E-state index in [4.69, 9.17) is 9.39 Å². The van der Waals surface area contributed by atoms with Crippen LogP contribution in [0, 0.1) is 11.6 Å². The molecule has 9 heteroatoms. The Morgan fingerprint density at radius 3 is 2.78 bits per heavy atom. The lowest BCUT2D eigenvalue weighted by atomic mass is 9.72. The van der Waals surface area contributed by atoms with Gasteiger partial charge in [-0.25, -0.2) is 13.6 Å². The molecule has 1 unspecified atom stereocenters. The van der Waals surface area contributed by atoms with E-state index in [0.717, 1.165) is 6.07 Å². The first-order chi connectivity index (χ1) is 10.9. The fourth-order valence-electron chi connectivity index (χ4n) is 2.31. The highest BCUT2D eigenvalue weighted by Crippen LogP contribution is 2.34. The number of rotatable bonds is 4. The van der Waals surface area contributed by atoms with Crippen molar-refractivity contribution in [2.24, 2.45) is 0 Å². The summed E-state index contributed by atoms with van der Waals surface area (Å²) in [6.07, 6.45) is 0.188. The molecule has 1 aromatic rings. The van der Waals surface area contributed by atoms with Crippen LogP contribution in [0.4, 0.5) is 8.78 Å². The van der Waals surface area contributed by atoms with E-state index >= 15 is 0 Å². The molecule has 124 valence electrons. The summed E-state index contributed by atoms with van der Waals surface area (Å²) >= 11 is 0. The van der Waals surface area contributed by atoms with Gasteiger partial charge in [0.05, 0.1) is 12.5 Å². The summed E-state index contributed by atoms with van der Waals surface area (Å²) < 4.78 is 37.5. The second-order valence-electron chi connectivity index (χ2n) is 5.00. The lowest BCUT2D eigenvalue weighted by Gasteiger charge is -2.29. The topological polar surface area (TPSA) is 84.9 Å². The van der Waals surface area contributed by atoms with Gasteiger partial charge in [-0.3, -0.25) is 4.79 Å². The van der Waals surface area contributed by atoms with Crippen molar-refractivity contribution in [3.8, 4) is 5.75 Å². The first-order valence-corrected chi connectivity index (χ1v) is 7.21. The number of esters is 1. The first kappa shape index (κ1) is 17.2. The minimum atomic E-state index is -1.49. The van der Waals surface area contributed by atoms with E-state index in [-0.39, 0.29) is 36.7 Å². The van der Waals surface area contributed by atoms with Crippen molar-refractivity contribution in [2.45, 2.75) is 32.6 Å². The zero-order valence-corrected chi connectivity index (χ0v) is 12.7. The highest BCUT2D eigenvalue weighted by molar-refractivity contribution is 6.47. The maximum Gasteiger partial charge on any atom is 0.547 e. The van der Waals surface area contributed by atoms with Crippen LogP contribution in [0.2, 0.25) is 0 Å². The number of amides is 1. The Labute approximate surface area is 131 Å². The maximum atomic E-state index is 13.9. The van der Waals surface area contributed by atoms with Gasteiger partial charge in [-0.2, -0.15) is 0 Å². The Hall–Kier alpha value is -2.16. The van der Waals surface area contributed by atoms with Gasteiger partial charge in [0.2, 0.25) is 5.91 Å². The second-order valence-corrected chi connectivity index (χ2v) is 5.00. The summed E-state index contributed by atoms with van der Waals surface area (Å²) in [5, 5.41) is 12.5. The molecule has 1 aliphatic rings. The van der Waals surface area contributed by atoms with Crippen molar-refractivity contribution in [1.29, 1.82) is 0 Å². The molecule has 0 spiro atoms. The van der Waals surface area contributed by atoms with E-state index in [9.17, 15) is 23.4 Å². The summed E-state index contributed by atoms with van der Waals surface area (Å²) in [4.78, 5) is 23.3. The molecular weight excluding hydrogens is 311 g/mol. The number of halogens is 2. The molecule has 0 radical (unpaired) electrons. The SMILES string of the molecule is CCOC(=O)c1c(F)c(F)cc2c1OB(O)C(NC(=O)CC)C2. The van der Waals surface area contributed by atoms with E-state index in [0.29, 0.717) is 0 Å². The van der Waals surface area contributed by atoms with Gasteiger partial charge in [0.1, 0.15) is 11.3 Å². The molecule has 0 aromatic heterocycles. The number of hydrogen-bond donors (Lipinski definition) is 2. The number of carbonyl (C=O) groups excluding carboxylic acids is 2. The van der Waals surface area contributed by atoms with Crippen LogP contribution in [0.25, 0.3) is 0 Å². The Morgan fingerprint density at radius 1 is 1.48 bits per heavy atom. The molecule has 1 amide bonds. The number of ether oxygens (including phenoxy) is 1. The van der Waals surface area contributed by atoms with Crippen LogP contribution in [-0.4, -0.2) is 36.6 Å². The van der Waals surface area contributed by atoms with Gasteiger partial charge in [-0.05, 0) is 25.0 Å². The number of hydrogen-bond acceptors (Lipinski definition) is 5. The molecule has 2 N–H and O–H groups in total. The molecule has 2 rings (SSSR count). The van der Waals surface area contributed by atoms with Crippen molar-refractivity contribution in [3.05, 3.63) is 28.8 Å². The molecule has 0 saturated carbocycles. The van der Waals surface area contributed by atoms with Crippen LogP contribution in [0.3, 0.4) is 0 Å². The highest BCUT2D eigenvalue weighted by atomic mass is 19.2. The third-order valence-electron chi connectivity index (χ3n) is 3.42. The molecule has 0 fully saturated rings. The van der Waals surface area contributed by atoms with Crippen LogP contribution in [0.15, 0.2) is 6.07 Å². The fourth-order valence-corrected chi connectivity index (χ4v) is 2.31. The van der Waals surface area contributed by atoms with Gasteiger partial charge in [0, 0.05) is 6.42 Å². The van der Waals surface area contributed by atoms with E-state index in [1.54, 1.807) is 6.92 Å². The smallest absolute Gasteiger partial charge is 0.534 e. The van der Waals surface area contributed by atoms with Crippen LogP contribution in [0.5, 0.6) is 5.75 Å². The largest absolute Gasteiger partial charge is 0.547 e. The summed E-state index contributed by atoms with van der Waals surface area (Å²) in [5.41, 5.74) is -0.528. The Morgan fingerprint density at radius 2 is 2.17 bits per heavy atom. The van der Waals surface area contributed by atoms with Crippen molar-refractivity contribution in [2.75, 3.05) is 6.61 Å². The molecule has 0 saturated heterocycles. The molecule has 1 aromatic carbocycles. The zero-order chi connectivity index (χ0) is 17.1. The van der Waals surface area contributed by atoms with Gasteiger partial charge in [-0.1, -0.05) is 6.92 Å². The lowest BCUT2D eigenvalue weighted by Crippen LogP contribution is -2.53. The second kappa shape index (κ2) is 6.95. The Balaban J connectivity index is 2.41. The molecule has 6 nitrogen and oxygen atoms in total. The van der Waals surface area contributed by atoms with Gasteiger partial charge >= 0.3 is 13.1 Å².